The number of aryl methyl sites for hydroxylation is 4. The molecular weight excluding hydrogens is 506 g/mol. The maximum atomic E-state index is 5.16. The minimum absolute atomic E-state index is 1.04. The number of imidazole rings is 1. The normalized spacial score (nSPS) is 11.5. The molecule has 5 aromatic carbocycles. The van der Waals surface area contributed by atoms with Crippen molar-refractivity contribution in [3.8, 4) is 38.8 Å². The van der Waals surface area contributed by atoms with Crippen LogP contribution in [0.15, 0.2) is 109 Å². The van der Waals surface area contributed by atoms with Gasteiger partial charge in [-0.15, -0.1) is 11.3 Å². The highest BCUT2D eigenvalue weighted by atomic mass is 32.1. The molecule has 0 fully saturated rings. The fourth-order valence-corrected chi connectivity index (χ4v) is 7.25. The molecule has 0 bridgehead atoms. The van der Waals surface area contributed by atoms with E-state index in [1.54, 1.807) is 11.3 Å². The molecule has 7 aromatic rings. The smallest absolute Gasteiger partial charge is 0.236 e. The molecule has 7 rings (SSSR count). The molecular formula is C36H30N3S+. The molecule has 0 aliphatic heterocycles. The van der Waals surface area contributed by atoms with Gasteiger partial charge < -0.3 is 0 Å². The van der Waals surface area contributed by atoms with Crippen LogP contribution < -0.4 is 4.57 Å². The quantitative estimate of drug-likeness (QED) is 0.206. The Morgan fingerprint density at radius 3 is 2.02 bits per heavy atom. The number of rotatable bonds is 4. The minimum atomic E-state index is 1.04. The van der Waals surface area contributed by atoms with Gasteiger partial charge in [0.05, 0.1) is 22.8 Å². The van der Waals surface area contributed by atoms with Crippen molar-refractivity contribution in [3.63, 3.8) is 0 Å². The van der Waals surface area contributed by atoms with Crippen LogP contribution >= 0.6 is 11.3 Å². The number of hydrogen-bond acceptors (Lipinski definition) is 2. The molecule has 40 heavy (non-hydrogen) atoms. The van der Waals surface area contributed by atoms with Gasteiger partial charge in [-0.2, -0.15) is 4.57 Å². The summed E-state index contributed by atoms with van der Waals surface area (Å²) < 4.78 is 5.96. The minimum Gasteiger partial charge on any atom is -0.236 e. The number of fused-ring (bicyclic) bond motifs is 2. The van der Waals surface area contributed by atoms with Crippen LogP contribution in [0.25, 0.3) is 60.0 Å². The Morgan fingerprint density at radius 2 is 1.27 bits per heavy atom. The first kappa shape index (κ1) is 24.5. The standard InChI is InChI=1S/C36H30N3S/c1-23-11-10-12-24(2)32(23)35-37-29-22-17-25(3)33(34(29)40-35)36-38(4)30-15-8-9-16-31(30)39(36)28-20-18-27(19-21-28)26-13-6-5-7-14-26/h5-22H,1-4H3/q+1. The van der Waals surface area contributed by atoms with Gasteiger partial charge >= 0.3 is 0 Å². The molecule has 0 aliphatic carbocycles. The Morgan fingerprint density at radius 1 is 0.625 bits per heavy atom. The summed E-state index contributed by atoms with van der Waals surface area (Å²) in [6.45, 7) is 6.57. The molecule has 4 heteroatoms. The molecule has 0 atom stereocenters. The largest absolute Gasteiger partial charge is 0.296 e. The molecule has 2 aromatic heterocycles. The fraction of sp³-hybridized carbons (Fsp3) is 0.111. The summed E-state index contributed by atoms with van der Waals surface area (Å²) in [7, 11) is 2.18. The summed E-state index contributed by atoms with van der Waals surface area (Å²) in [6, 6.07) is 39.0. The van der Waals surface area contributed by atoms with Crippen molar-refractivity contribution in [3.05, 3.63) is 126 Å². The third-order valence-electron chi connectivity index (χ3n) is 7.93. The second-order valence-electron chi connectivity index (χ2n) is 10.5. The summed E-state index contributed by atoms with van der Waals surface area (Å²) in [5.74, 6) is 1.16. The van der Waals surface area contributed by atoms with Crippen molar-refractivity contribution >= 4 is 32.6 Å². The first-order chi connectivity index (χ1) is 19.5. The van der Waals surface area contributed by atoms with Crippen LogP contribution in [0, 0.1) is 20.8 Å². The van der Waals surface area contributed by atoms with Gasteiger partial charge in [-0.1, -0.05) is 78.9 Å². The lowest BCUT2D eigenvalue weighted by Crippen LogP contribution is -2.30. The summed E-state index contributed by atoms with van der Waals surface area (Å²) in [5, 5.41) is 1.08. The molecule has 0 unspecified atom stereocenters. The lowest BCUT2D eigenvalue weighted by molar-refractivity contribution is -0.633. The van der Waals surface area contributed by atoms with Gasteiger partial charge in [0.1, 0.15) is 10.7 Å². The van der Waals surface area contributed by atoms with Gasteiger partial charge in [0.2, 0.25) is 0 Å². The molecule has 0 amide bonds. The van der Waals surface area contributed by atoms with Crippen molar-refractivity contribution in [2.45, 2.75) is 20.8 Å². The van der Waals surface area contributed by atoms with E-state index < -0.39 is 0 Å². The fourth-order valence-electron chi connectivity index (χ4n) is 5.92. The maximum Gasteiger partial charge on any atom is 0.296 e. The van der Waals surface area contributed by atoms with E-state index in [1.807, 2.05) is 0 Å². The zero-order valence-electron chi connectivity index (χ0n) is 23.1. The van der Waals surface area contributed by atoms with Crippen molar-refractivity contribution in [1.29, 1.82) is 0 Å². The number of aromatic nitrogens is 3. The third kappa shape index (κ3) is 3.87. The number of hydrogen-bond donors (Lipinski definition) is 0. The zero-order valence-corrected chi connectivity index (χ0v) is 24.0. The Bertz CT molecular complexity index is 2010. The molecule has 194 valence electrons. The molecule has 2 heterocycles. The van der Waals surface area contributed by atoms with Crippen LogP contribution in [-0.4, -0.2) is 9.55 Å². The van der Waals surface area contributed by atoms with E-state index in [4.69, 9.17) is 4.98 Å². The van der Waals surface area contributed by atoms with Crippen LogP contribution in [0.3, 0.4) is 0 Å². The Balaban J connectivity index is 1.49. The van der Waals surface area contributed by atoms with Crippen molar-refractivity contribution in [1.82, 2.24) is 9.55 Å². The molecule has 0 N–H and O–H groups in total. The van der Waals surface area contributed by atoms with E-state index in [0.29, 0.717) is 0 Å². The maximum absolute atomic E-state index is 5.16. The van der Waals surface area contributed by atoms with Gasteiger partial charge in [-0.05, 0) is 78.9 Å². The number of nitrogens with zero attached hydrogens (tertiary/aromatic N) is 3. The van der Waals surface area contributed by atoms with Gasteiger partial charge in [-0.3, -0.25) is 0 Å². The van der Waals surface area contributed by atoms with Crippen LogP contribution in [0.5, 0.6) is 0 Å². The van der Waals surface area contributed by atoms with Crippen LogP contribution in [0.2, 0.25) is 0 Å². The first-order valence-electron chi connectivity index (χ1n) is 13.6. The summed E-state index contributed by atoms with van der Waals surface area (Å²) in [6.07, 6.45) is 0. The second kappa shape index (κ2) is 9.58. The topological polar surface area (TPSA) is 21.7 Å². The molecule has 0 saturated heterocycles. The monoisotopic (exact) mass is 536 g/mol. The number of para-hydroxylation sites is 2. The van der Waals surface area contributed by atoms with E-state index in [1.165, 1.54) is 54.7 Å². The van der Waals surface area contributed by atoms with Crippen molar-refractivity contribution in [2.24, 2.45) is 7.05 Å². The summed E-state index contributed by atoms with van der Waals surface area (Å²) in [5.41, 5.74) is 13.2. The Hall–Kier alpha value is -4.54. The third-order valence-corrected chi connectivity index (χ3v) is 9.04. The van der Waals surface area contributed by atoms with E-state index in [2.05, 4.69) is 146 Å². The zero-order chi connectivity index (χ0) is 27.4. The number of thiazole rings is 1. The van der Waals surface area contributed by atoms with E-state index in [9.17, 15) is 0 Å². The van der Waals surface area contributed by atoms with Crippen LogP contribution in [0.4, 0.5) is 0 Å². The molecule has 3 nitrogen and oxygen atoms in total. The van der Waals surface area contributed by atoms with Crippen LogP contribution in [-0.2, 0) is 7.05 Å². The highest BCUT2D eigenvalue weighted by molar-refractivity contribution is 7.22. The average Bonchev–Trinajstić information content (AvgIpc) is 3.52. The van der Waals surface area contributed by atoms with Crippen molar-refractivity contribution < 1.29 is 4.57 Å². The highest BCUT2D eigenvalue weighted by Gasteiger charge is 2.29. The molecule has 0 spiro atoms. The molecule has 0 saturated carbocycles. The average molecular weight is 537 g/mol. The van der Waals surface area contributed by atoms with E-state index in [-0.39, 0.29) is 0 Å². The summed E-state index contributed by atoms with van der Waals surface area (Å²) in [4.78, 5) is 5.16. The lowest BCUT2D eigenvalue weighted by Gasteiger charge is -2.08. The lowest BCUT2D eigenvalue weighted by atomic mass is 10.0. The first-order valence-corrected chi connectivity index (χ1v) is 14.5. The van der Waals surface area contributed by atoms with E-state index >= 15 is 0 Å². The predicted molar refractivity (Wildman–Crippen MR) is 168 cm³/mol. The highest BCUT2D eigenvalue weighted by Crippen LogP contribution is 2.41. The van der Waals surface area contributed by atoms with Gasteiger partial charge in [0.15, 0.2) is 11.0 Å². The predicted octanol–water partition coefficient (Wildman–Crippen LogP) is 8.99. The van der Waals surface area contributed by atoms with Gasteiger partial charge in [0.25, 0.3) is 5.82 Å². The second-order valence-corrected chi connectivity index (χ2v) is 11.5. The molecule has 0 aliphatic rings. The van der Waals surface area contributed by atoms with E-state index in [0.717, 1.165) is 22.0 Å². The SMILES string of the molecule is Cc1cccc(C)c1-c1nc2ccc(C)c(-c3n(-c4ccc(-c5ccccc5)cc4)c4ccccc4[n+]3C)c2s1. The Kier molecular flexibility index (Phi) is 5.87. The van der Waals surface area contributed by atoms with Crippen molar-refractivity contribution in [2.75, 3.05) is 0 Å². The number of benzene rings is 5. The van der Waals surface area contributed by atoms with Crippen LogP contribution in [0.1, 0.15) is 16.7 Å². The summed E-state index contributed by atoms with van der Waals surface area (Å²) >= 11 is 1.80. The van der Waals surface area contributed by atoms with Gasteiger partial charge in [0, 0.05) is 5.56 Å². The van der Waals surface area contributed by atoms with Gasteiger partial charge in [-0.25, -0.2) is 9.55 Å². The molecule has 0 radical (unpaired) electrons. The Labute approximate surface area is 238 Å².